The summed E-state index contributed by atoms with van der Waals surface area (Å²) in [5.74, 6) is 1.22. The Morgan fingerprint density at radius 1 is 1.42 bits per heavy atom. The van der Waals surface area contributed by atoms with E-state index in [2.05, 4.69) is 43.2 Å². The first kappa shape index (κ1) is 15.0. The predicted octanol–water partition coefficient (Wildman–Crippen LogP) is 3.76. The lowest BCUT2D eigenvalue weighted by atomic mass is 9.80. The molecule has 2 nitrogen and oxygen atoms in total. The summed E-state index contributed by atoms with van der Waals surface area (Å²) in [5.41, 5.74) is 0. The zero-order valence-corrected chi connectivity index (χ0v) is 13.2. The molecule has 1 aromatic rings. The molecular weight excluding hydrogens is 254 g/mol. The molecule has 0 aliphatic heterocycles. The zero-order chi connectivity index (χ0) is 13.8. The number of aliphatic hydroxyl groups excluding tert-OH is 1. The maximum atomic E-state index is 10.2. The molecule has 2 rings (SSSR count). The van der Waals surface area contributed by atoms with Crippen LogP contribution in [0, 0.1) is 11.8 Å². The third-order valence-electron chi connectivity index (χ3n) is 4.34. The highest BCUT2D eigenvalue weighted by molar-refractivity contribution is 7.09. The topological polar surface area (TPSA) is 23.5 Å². The Balaban J connectivity index is 1.95. The summed E-state index contributed by atoms with van der Waals surface area (Å²) in [7, 11) is 0. The van der Waals surface area contributed by atoms with Gasteiger partial charge in [-0.15, -0.1) is 11.3 Å². The van der Waals surface area contributed by atoms with Crippen molar-refractivity contribution >= 4 is 11.3 Å². The molecule has 1 aromatic heterocycles. The molecule has 1 aliphatic carbocycles. The summed E-state index contributed by atoms with van der Waals surface area (Å²) >= 11 is 1.83. The molecule has 1 heterocycles. The van der Waals surface area contributed by atoms with Crippen molar-refractivity contribution in [3.8, 4) is 0 Å². The lowest BCUT2D eigenvalue weighted by molar-refractivity contribution is 0.0228. The van der Waals surface area contributed by atoms with Crippen LogP contribution in [-0.4, -0.2) is 28.7 Å². The fourth-order valence-corrected chi connectivity index (χ4v) is 3.77. The second-order valence-electron chi connectivity index (χ2n) is 6.35. The van der Waals surface area contributed by atoms with E-state index in [-0.39, 0.29) is 6.10 Å². The van der Waals surface area contributed by atoms with E-state index in [4.69, 9.17) is 0 Å². The molecule has 0 spiro atoms. The van der Waals surface area contributed by atoms with E-state index in [1.165, 1.54) is 17.7 Å². The maximum absolute atomic E-state index is 10.2. The Kier molecular flexibility index (Phi) is 5.43. The number of hydrogen-bond donors (Lipinski definition) is 1. The number of thiophene rings is 1. The van der Waals surface area contributed by atoms with Crippen LogP contribution in [0.4, 0.5) is 0 Å². The summed E-state index contributed by atoms with van der Waals surface area (Å²) in [5, 5.41) is 12.4. The minimum Gasteiger partial charge on any atom is -0.393 e. The van der Waals surface area contributed by atoms with Crippen molar-refractivity contribution in [2.24, 2.45) is 11.8 Å². The SMILES string of the molecule is CC1CCC(O)C(CN(Cc2cccs2)C(C)C)C1. The molecule has 0 saturated heterocycles. The molecule has 108 valence electrons. The van der Waals surface area contributed by atoms with Crippen molar-refractivity contribution in [3.05, 3.63) is 22.4 Å². The molecule has 1 fully saturated rings. The van der Waals surface area contributed by atoms with Crippen molar-refractivity contribution in [2.75, 3.05) is 6.54 Å². The van der Waals surface area contributed by atoms with Gasteiger partial charge in [-0.05, 0) is 56.4 Å². The standard InChI is InChI=1S/C16H27NOS/c1-12(2)17(11-15-5-4-8-19-15)10-14-9-13(3)6-7-16(14)18/h4-5,8,12-14,16,18H,6-7,9-11H2,1-3H3. The maximum Gasteiger partial charge on any atom is 0.0580 e. The molecule has 0 amide bonds. The van der Waals surface area contributed by atoms with Crippen molar-refractivity contribution in [2.45, 2.75) is 58.7 Å². The Hall–Kier alpha value is -0.380. The van der Waals surface area contributed by atoms with Crippen LogP contribution in [0.25, 0.3) is 0 Å². The molecule has 0 radical (unpaired) electrons. The molecular formula is C16H27NOS. The van der Waals surface area contributed by atoms with Crippen LogP contribution >= 0.6 is 11.3 Å². The summed E-state index contributed by atoms with van der Waals surface area (Å²) in [6.45, 7) is 8.88. The zero-order valence-electron chi connectivity index (χ0n) is 12.4. The average Bonchev–Trinajstić information content (AvgIpc) is 2.85. The van der Waals surface area contributed by atoms with Gasteiger partial charge >= 0.3 is 0 Å². The van der Waals surface area contributed by atoms with Crippen molar-refractivity contribution in [3.63, 3.8) is 0 Å². The second kappa shape index (κ2) is 6.87. The van der Waals surface area contributed by atoms with Crippen LogP contribution in [0.2, 0.25) is 0 Å². The van der Waals surface area contributed by atoms with Crippen LogP contribution < -0.4 is 0 Å². The Labute approximate surface area is 121 Å². The highest BCUT2D eigenvalue weighted by Gasteiger charge is 2.29. The van der Waals surface area contributed by atoms with Crippen LogP contribution in [0.15, 0.2) is 17.5 Å². The summed E-state index contributed by atoms with van der Waals surface area (Å²) in [6.07, 6.45) is 3.25. The molecule has 19 heavy (non-hydrogen) atoms. The van der Waals surface area contributed by atoms with Gasteiger partial charge in [-0.1, -0.05) is 13.0 Å². The summed E-state index contributed by atoms with van der Waals surface area (Å²) in [6, 6.07) is 4.86. The summed E-state index contributed by atoms with van der Waals surface area (Å²) < 4.78 is 0. The van der Waals surface area contributed by atoms with Crippen LogP contribution in [0.1, 0.15) is 44.9 Å². The van der Waals surface area contributed by atoms with Gasteiger partial charge in [0.2, 0.25) is 0 Å². The van der Waals surface area contributed by atoms with Crippen LogP contribution in [0.3, 0.4) is 0 Å². The fourth-order valence-electron chi connectivity index (χ4n) is 3.04. The molecule has 0 bridgehead atoms. The normalized spacial score (nSPS) is 28.2. The van der Waals surface area contributed by atoms with Crippen LogP contribution in [-0.2, 0) is 6.54 Å². The summed E-state index contributed by atoms with van der Waals surface area (Å²) in [4.78, 5) is 3.93. The smallest absolute Gasteiger partial charge is 0.0580 e. The molecule has 3 heteroatoms. The predicted molar refractivity (Wildman–Crippen MR) is 82.4 cm³/mol. The quantitative estimate of drug-likeness (QED) is 0.888. The molecule has 1 N–H and O–H groups in total. The Bertz CT molecular complexity index is 363. The first-order valence-electron chi connectivity index (χ1n) is 7.50. The van der Waals surface area contributed by atoms with Crippen LogP contribution in [0.5, 0.6) is 0 Å². The highest BCUT2D eigenvalue weighted by Crippen LogP contribution is 2.30. The Morgan fingerprint density at radius 2 is 2.21 bits per heavy atom. The van der Waals surface area contributed by atoms with E-state index < -0.39 is 0 Å². The van der Waals surface area contributed by atoms with Gasteiger partial charge in [-0.2, -0.15) is 0 Å². The first-order chi connectivity index (χ1) is 9.06. The van der Waals surface area contributed by atoms with Crippen molar-refractivity contribution in [1.29, 1.82) is 0 Å². The fraction of sp³-hybridized carbons (Fsp3) is 0.750. The van der Waals surface area contributed by atoms with Gasteiger partial charge in [-0.3, -0.25) is 4.90 Å². The van der Waals surface area contributed by atoms with E-state index in [0.29, 0.717) is 12.0 Å². The Morgan fingerprint density at radius 3 is 2.84 bits per heavy atom. The molecule has 3 atom stereocenters. The van der Waals surface area contributed by atoms with Crippen molar-refractivity contribution < 1.29 is 5.11 Å². The van der Waals surface area contributed by atoms with E-state index in [1.807, 2.05) is 11.3 Å². The van der Waals surface area contributed by atoms with Gasteiger partial charge in [0, 0.05) is 24.0 Å². The largest absolute Gasteiger partial charge is 0.393 e. The van der Waals surface area contributed by atoms with E-state index in [1.54, 1.807) is 0 Å². The van der Waals surface area contributed by atoms with E-state index >= 15 is 0 Å². The monoisotopic (exact) mass is 281 g/mol. The minimum atomic E-state index is -0.0965. The third kappa shape index (κ3) is 4.30. The lowest BCUT2D eigenvalue weighted by Crippen LogP contribution is -2.41. The second-order valence-corrected chi connectivity index (χ2v) is 7.38. The third-order valence-corrected chi connectivity index (χ3v) is 5.20. The number of nitrogens with zero attached hydrogens (tertiary/aromatic N) is 1. The first-order valence-corrected chi connectivity index (χ1v) is 8.38. The van der Waals surface area contributed by atoms with E-state index in [0.717, 1.165) is 25.4 Å². The minimum absolute atomic E-state index is 0.0965. The van der Waals surface area contributed by atoms with Crippen molar-refractivity contribution in [1.82, 2.24) is 4.90 Å². The van der Waals surface area contributed by atoms with Gasteiger partial charge in [0.15, 0.2) is 0 Å². The van der Waals surface area contributed by atoms with Gasteiger partial charge in [0.05, 0.1) is 6.10 Å². The highest BCUT2D eigenvalue weighted by atomic mass is 32.1. The number of hydrogen-bond acceptors (Lipinski definition) is 3. The van der Waals surface area contributed by atoms with Gasteiger partial charge < -0.3 is 5.11 Å². The van der Waals surface area contributed by atoms with Gasteiger partial charge in [-0.25, -0.2) is 0 Å². The lowest BCUT2D eigenvalue weighted by Gasteiger charge is -2.37. The average molecular weight is 281 g/mol. The van der Waals surface area contributed by atoms with E-state index in [9.17, 15) is 5.11 Å². The molecule has 1 saturated carbocycles. The van der Waals surface area contributed by atoms with Gasteiger partial charge in [0.1, 0.15) is 0 Å². The number of aliphatic hydroxyl groups is 1. The molecule has 3 unspecified atom stereocenters. The molecule has 1 aliphatic rings. The molecule has 0 aromatic carbocycles. The number of rotatable bonds is 5. The van der Waals surface area contributed by atoms with Gasteiger partial charge in [0.25, 0.3) is 0 Å².